The number of hydrogen-bond acceptors (Lipinski definition) is 3. The van der Waals surface area contributed by atoms with Crippen molar-refractivity contribution in [3.8, 4) is 5.69 Å². The van der Waals surface area contributed by atoms with Gasteiger partial charge in [0.15, 0.2) is 0 Å². The number of benzene rings is 1. The molecule has 0 bridgehead atoms. The second-order valence-corrected chi connectivity index (χ2v) is 6.35. The molecule has 1 aliphatic heterocycles. The Balaban J connectivity index is 1.55. The molecule has 6 nitrogen and oxygen atoms in total. The molecule has 0 radical (unpaired) electrons. The predicted molar refractivity (Wildman–Crippen MR) is 98.0 cm³/mol. The zero-order valence-electron chi connectivity index (χ0n) is 14.7. The molecule has 1 aliphatic rings. The molecule has 1 N–H and O–H groups in total. The van der Waals surface area contributed by atoms with Crippen LogP contribution in [0, 0.1) is 0 Å². The Morgan fingerprint density at radius 3 is 2.92 bits per heavy atom. The molecule has 2 aromatic rings. The van der Waals surface area contributed by atoms with Crippen LogP contribution in [0.1, 0.15) is 32.6 Å². The van der Waals surface area contributed by atoms with Crippen LogP contribution in [-0.4, -0.2) is 46.5 Å². The molecular formula is C19H26N4O2. The zero-order valence-corrected chi connectivity index (χ0v) is 14.7. The summed E-state index contributed by atoms with van der Waals surface area (Å²) in [6.45, 7) is 4.42. The number of carbonyl (C=O) groups excluding carboxylic acids is 1. The van der Waals surface area contributed by atoms with Gasteiger partial charge < -0.3 is 15.0 Å². The van der Waals surface area contributed by atoms with Crippen LogP contribution in [-0.2, 0) is 4.74 Å². The second kappa shape index (κ2) is 8.67. The van der Waals surface area contributed by atoms with Gasteiger partial charge in [0, 0.05) is 19.7 Å². The molecule has 0 aliphatic carbocycles. The van der Waals surface area contributed by atoms with Crippen molar-refractivity contribution < 1.29 is 9.53 Å². The predicted octanol–water partition coefficient (Wildman–Crippen LogP) is 3.69. The Kier molecular flexibility index (Phi) is 6.06. The first kappa shape index (κ1) is 17.5. The van der Waals surface area contributed by atoms with Crippen LogP contribution in [0.2, 0.25) is 0 Å². The summed E-state index contributed by atoms with van der Waals surface area (Å²) in [7, 11) is 0. The number of nitrogens with one attached hydrogen (secondary N) is 1. The normalized spacial score (nSPS) is 18.0. The number of rotatable bonds is 5. The van der Waals surface area contributed by atoms with Gasteiger partial charge in [-0.25, -0.2) is 9.48 Å². The molecule has 2 heterocycles. The minimum absolute atomic E-state index is 0.0660. The smallest absolute Gasteiger partial charge is 0.321 e. The standard InChI is InChI=1S/C19H26N4O2/c1-2-13-25-18-9-6-11-22(12-10-18)19(24)21-16-14-20-23(15-16)17-7-4-3-5-8-17/h3-5,7-8,14-15,18H,2,6,9-13H2,1H3,(H,21,24)/t18-/m1/s1. The first-order valence-electron chi connectivity index (χ1n) is 9.04. The van der Waals surface area contributed by atoms with E-state index in [0.717, 1.165) is 51.1 Å². The maximum absolute atomic E-state index is 12.5. The largest absolute Gasteiger partial charge is 0.378 e. The highest BCUT2D eigenvalue weighted by molar-refractivity contribution is 5.89. The van der Waals surface area contributed by atoms with Crippen LogP contribution in [0.15, 0.2) is 42.7 Å². The number of aromatic nitrogens is 2. The van der Waals surface area contributed by atoms with E-state index in [-0.39, 0.29) is 12.1 Å². The molecule has 3 rings (SSSR count). The first-order chi connectivity index (χ1) is 12.3. The van der Waals surface area contributed by atoms with Crippen molar-refractivity contribution in [1.82, 2.24) is 14.7 Å². The van der Waals surface area contributed by atoms with Crippen LogP contribution in [0.4, 0.5) is 10.5 Å². The molecule has 1 atom stereocenters. The van der Waals surface area contributed by atoms with Crippen molar-refractivity contribution in [3.63, 3.8) is 0 Å². The van der Waals surface area contributed by atoms with E-state index in [1.807, 2.05) is 41.4 Å². The van der Waals surface area contributed by atoms with E-state index in [0.29, 0.717) is 5.69 Å². The van der Waals surface area contributed by atoms with Gasteiger partial charge in [0.1, 0.15) is 0 Å². The van der Waals surface area contributed by atoms with Crippen LogP contribution < -0.4 is 5.32 Å². The Bertz CT molecular complexity index is 671. The second-order valence-electron chi connectivity index (χ2n) is 6.35. The summed E-state index contributed by atoms with van der Waals surface area (Å²) in [5, 5.41) is 7.26. The van der Waals surface area contributed by atoms with E-state index in [1.54, 1.807) is 10.9 Å². The molecule has 1 aromatic heterocycles. The Morgan fingerprint density at radius 1 is 1.28 bits per heavy atom. The van der Waals surface area contributed by atoms with E-state index >= 15 is 0 Å². The summed E-state index contributed by atoms with van der Waals surface area (Å²) < 4.78 is 7.60. The SMILES string of the molecule is CCCO[C@@H]1CCCN(C(=O)Nc2cnn(-c3ccccc3)c2)CC1. The van der Waals surface area contributed by atoms with Gasteiger partial charge in [0.25, 0.3) is 0 Å². The maximum Gasteiger partial charge on any atom is 0.321 e. The molecule has 0 saturated carbocycles. The van der Waals surface area contributed by atoms with E-state index < -0.39 is 0 Å². The summed E-state index contributed by atoms with van der Waals surface area (Å²) in [6.07, 6.45) is 7.72. The van der Waals surface area contributed by atoms with Crippen molar-refractivity contribution in [2.24, 2.45) is 0 Å². The Morgan fingerprint density at radius 2 is 2.12 bits per heavy atom. The molecule has 0 spiro atoms. The average molecular weight is 342 g/mol. The number of nitrogens with zero attached hydrogens (tertiary/aromatic N) is 3. The van der Waals surface area contributed by atoms with Gasteiger partial charge in [-0.3, -0.25) is 0 Å². The van der Waals surface area contributed by atoms with Crippen molar-refractivity contribution >= 4 is 11.7 Å². The molecule has 25 heavy (non-hydrogen) atoms. The van der Waals surface area contributed by atoms with Gasteiger partial charge in [-0.05, 0) is 37.8 Å². The monoisotopic (exact) mass is 342 g/mol. The van der Waals surface area contributed by atoms with E-state index in [1.165, 1.54) is 0 Å². The fourth-order valence-electron chi connectivity index (χ4n) is 3.03. The number of hydrogen-bond donors (Lipinski definition) is 1. The zero-order chi connectivity index (χ0) is 17.5. The number of carbonyl (C=O) groups is 1. The van der Waals surface area contributed by atoms with Crippen molar-refractivity contribution in [1.29, 1.82) is 0 Å². The van der Waals surface area contributed by atoms with Gasteiger partial charge in [0.2, 0.25) is 0 Å². The topological polar surface area (TPSA) is 59.4 Å². The number of amides is 2. The summed E-state index contributed by atoms with van der Waals surface area (Å²) in [4.78, 5) is 14.4. The lowest BCUT2D eigenvalue weighted by Crippen LogP contribution is -2.35. The molecule has 6 heteroatoms. The number of urea groups is 1. The number of anilines is 1. The van der Waals surface area contributed by atoms with E-state index in [2.05, 4.69) is 17.3 Å². The van der Waals surface area contributed by atoms with E-state index in [4.69, 9.17) is 4.74 Å². The minimum Gasteiger partial charge on any atom is -0.378 e. The lowest BCUT2D eigenvalue weighted by atomic mass is 10.2. The fourth-order valence-corrected chi connectivity index (χ4v) is 3.03. The Hall–Kier alpha value is -2.34. The van der Waals surface area contributed by atoms with Crippen LogP contribution in [0.5, 0.6) is 0 Å². The molecular weight excluding hydrogens is 316 g/mol. The number of ether oxygens (including phenoxy) is 1. The fraction of sp³-hybridized carbons (Fsp3) is 0.474. The minimum atomic E-state index is -0.0660. The number of likely N-dealkylation sites (tertiary alicyclic amines) is 1. The third-order valence-corrected chi connectivity index (χ3v) is 4.37. The average Bonchev–Trinajstić information content (AvgIpc) is 2.97. The highest BCUT2D eigenvalue weighted by atomic mass is 16.5. The highest BCUT2D eigenvalue weighted by Gasteiger charge is 2.21. The van der Waals surface area contributed by atoms with Gasteiger partial charge in [-0.2, -0.15) is 5.10 Å². The molecule has 2 amide bonds. The first-order valence-corrected chi connectivity index (χ1v) is 9.04. The Labute approximate surface area is 148 Å². The van der Waals surface area contributed by atoms with Crippen LogP contribution >= 0.6 is 0 Å². The lowest BCUT2D eigenvalue weighted by Gasteiger charge is -2.20. The third kappa shape index (κ3) is 4.82. The van der Waals surface area contributed by atoms with E-state index in [9.17, 15) is 4.79 Å². The summed E-state index contributed by atoms with van der Waals surface area (Å²) in [5.41, 5.74) is 1.67. The summed E-state index contributed by atoms with van der Waals surface area (Å²) in [6, 6.07) is 9.77. The van der Waals surface area contributed by atoms with Crippen LogP contribution in [0.3, 0.4) is 0 Å². The number of para-hydroxylation sites is 1. The highest BCUT2D eigenvalue weighted by Crippen LogP contribution is 2.17. The molecule has 1 saturated heterocycles. The maximum atomic E-state index is 12.5. The molecule has 1 aromatic carbocycles. The lowest BCUT2D eigenvalue weighted by molar-refractivity contribution is 0.0446. The van der Waals surface area contributed by atoms with Gasteiger partial charge in [-0.1, -0.05) is 25.1 Å². The van der Waals surface area contributed by atoms with Crippen molar-refractivity contribution in [2.45, 2.75) is 38.7 Å². The van der Waals surface area contributed by atoms with Crippen molar-refractivity contribution in [3.05, 3.63) is 42.7 Å². The quantitative estimate of drug-likeness (QED) is 0.901. The van der Waals surface area contributed by atoms with Gasteiger partial charge >= 0.3 is 6.03 Å². The molecule has 0 unspecified atom stereocenters. The van der Waals surface area contributed by atoms with Crippen molar-refractivity contribution in [2.75, 3.05) is 25.0 Å². The summed E-state index contributed by atoms with van der Waals surface area (Å²) in [5.74, 6) is 0. The molecule has 1 fully saturated rings. The van der Waals surface area contributed by atoms with Gasteiger partial charge in [-0.15, -0.1) is 0 Å². The van der Waals surface area contributed by atoms with Crippen LogP contribution in [0.25, 0.3) is 5.69 Å². The third-order valence-electron chi connectivity index (χ3n) is 4.37. The molecule has 134 valence electrons. The van der Waals surface area contributed by atoms with Gasteiger partial charge in [0.05, 0.1) is 29.9 Å². The summed E-state index contributed by atoms with van der Waals surface area (Å²) >= 11 is 0.